The lowest BCUT2D eigenvalue weighted by Crippen LogP contribution is -2.49. The van der Waals surface area contributed by atoms with Crippen molar-refractivity contribution in [1.29, 1.82) is 0 Å². The highest BCUT2D eigenvalue weighted by Crippen LogP contribution is 2.24. The number of methoxy groups -OCH3 is 1. The van der Waals surface area contributed by atoms with Crippen LogP contribution in [0.4, 0.5) is 0 Å². The predicted molar refractivity (Wildman–Crippen MR) is 65.3 cm³/mol. The molecule has 0 aliphatic carbocycles. The fourth-order valence-electron chi connectivity index (χ4n) is 2.89. The van der Waals surface area contributed by atoms with Crippen molar-refractivity contribution in [2.24, 2.45) is 5.92 Å². The van der Waals surface area contributed by atoms with Gasteiger partial charge in [-0.1, -0.05) is 5.92 Å². The maximum absolute atomic E-state index is 12.2. The fourth-order valence-corrected chi connectivity index (χ4v) is 2.89. The van der Waals surface area contributed by atoms with E-state index in [9.17, 15) is 4.79 Å². The van der Waals surface area contributed by atoms with E-state index in [1.165, 1.54) is 0 Å². The van der Waals surface area contributed by atoms with Crippen LogP contribution in [0.1, 0.15) is 19.3 Å². The van der Waals surface area contributed by atoms with Gasteiger partial charge in [0.15, 0.2) is 0 Å². The summed E-state index contributed by atoms with van der Waals surface area (Å²) in [5, 5.41) is 3.45. The molecule has 4 nitrogen and oxygen atoms in total. The van der Waals surface area contributed by atoms with E-state index in [4.69, 9.17) is 11.2 Å². The van der Waals surface area contributed by atoms with Crippen molar-refractivity contribution in [2.75, 3.05) is 26.8 Å². The van der Waals surface area contributed by atoms with Crippen LogP contribution in [0.15, 0.2) is 0 Å². The number of terminal acetylenes is 1. The molecule has 0 spiro atoms. The van der Waals surface area contributed by atoms with Crippen LogP contribution in [0, 0.1) is 18.3 Å². The molecular formula is C13H20N2O2. The highest BCUT2D eigenvalue weighted by Gasteiger charge is 2.38. The predicted octanol–water partition coefficient (Wildman–Crippen LogP) is 0.235. The summed E-state index contributed by atoms with van der Waals surface area (Å²) in [6, 6.07) is 0.351. The topological polar surface area (TPSA) is 41.6 Å². The van der Waals surface area contributed by atoms with Crippen LogP contribution in [0.2, 0.25) is 0 Å². The molecule has 0 radical (unpaired) electrons. The molecule has 0 saturated carbocycles. The van der Waals surface area contributed by atoms with Gasteiger partial charge in [0.25, 0.3) is 0 Å². The van der Waals surface area contributed by atoms with E-state index >= 15 is 0 Å². The molecule has 2 heterocycles. The molecule has 4 heteroatoms. The highest BCUT2D eigenvalue weighted by molar-refractivity contribution is 5.82. The Bertz CT molecular complexity index is 324. The summed E-state index contributed by atoms with van der Waals surface area (Å²) in [4.78, 5) is 14.0. The molecule has 1 amide bonds. The number of amides is 1. The Morgan fingerprint density at radius 1 is 1.59 bits per heavy atom. The summed E-state index contributed by atoms with van der Waals surface area (Å²) in [5.74, 6) is 3.08. The molecular weight excluding hydrogens is 216 g/mol. The van der Waals surface area contributed by atoms with Crippen LogP contribution in [-0.4, -0.2) is 49.7 Å². The van der Waals surface area contributed by atoms with Gasteiger partial charge in [-0.3, -0.25) is 4.79 Å². The summed E-state index contributed by atoms with van der Waals surface area (Å²) in [6.45, 7) is 1.80. The average molecular weight is 236 g/mol. The Labute approximate surface area is 103 Å². The van der Waals surface area contributed by atoms with E-state index in [0.29, 0.717) is 31.7 Å². The summed E-state index contributed by atoms with van der Waals surface area (Å²) < 4.78 is 5.26. The van der Waals surface area contributed by atoms with Gasteiger partial charge in [-0.15, -0.1) is 6.42 Å². The van der Waals surface area contributed by atoms with Gasteiger partial charge in [-0.2, -0.15) is 0 Å². The number of fused-ring (bicyclic) bond motifs is 2. The van der Waals surface area contributed by atoms with E-state index < -0.39 is 0 Å². The van der Waals surface area contributed by atoms with Gasteiger partial charge >= 0.3 is 0 Å². The Morgan fingerprint density at radius 3 is 3.12 bits per heavy atom. The minimum absolute atomic E-state index is 0.0380. The van der Waals surface area contributed by atoms with Crippen molar-refractivity contribution in [3.63, 3.8) is 0 Å². The molecule has 1 N–H and O–H groups in total. The largest absolute Gasteiger partial charge is 0.384 e. The zero-order chi connectivity index (χ0) is 12.3. The third-order valence-electron chi connectivity index (χ3n) is 3.72. The van der Waals surface area contributed by atoms with Crippen LogP contribution in [0.3, 0.4) is 0 Å². The number of piperidine rings is 1. The Balaban J connectivity index is 2.15. The van der Waals surface area contributed by atoms with Crippen LogP contribution >= 0.6 is 0 Å². The lowest BCUT2D eigenvalue weighted by Gasteiger charge is -2.30. The van der Waals surface area contributed by atoms with Gasteiger partial charge in [0, 0.05) is 25.6 Å². The summed E-state index contributed by atoms with van der Waals surface area (Å²) in [6.07, 6.45) is 8.50. The van der Waals surface area contributed by atoms with Gasteiger partial charge in [0.05, 0.1) is 19.2 Å². The fraction of sp³-hybridized carbons (Fsp3) is 0.769. The zero-order valence-corrected chi connectivity index (χ0v) is 10.3. The van der Waals surface area contributed by atoms with E-state index in [2.05, 4.69) is 11.2 Å². The molecule has 3 atom stereocenters. The second kappa shape index (κ2) is 5.52. The first-order valence-electron chi connectivity index (χ1n) is 6.23. The third-order valence-corrected chi connectivity index (χ3v) is 3.72. The molecule has 2 fully saturated rings. The van der Waals surface area contributed by atoms with E-state index in [1.807, 2.05) is 0 Å². The van der Waals surface area contributed by atoms with Crippen LogP contribution in [0.5, 0.6) is 0 Å². The van der Waals surface area contributed by atoms with E-state index in [0.717, 1.165) is 19.3 Å². The summed E-state index contributed by atoms with van der Waals surface area (Å²) >= 11 is 0. The van der Waals surface area contributed by atoms with Crippen LogP contribution in [-0.2, 0) is 9.53 Å². The van der Waals surface area contributed by atoms with Crippen molar-refractivity contribution in [3.05, 3.63) is 0 Å². The number of hydrogen-bond acceptors (Lipinski definition) is 3. The number of carbonyl (C=O) groups excluding carboxylic acids is 1. The number of ether oxygens (including phenoxy) is 1. The quantitative estimate of drug-likeness (QED) is 0.714. The normalized spacial score (nSPS) is 33.1. The average Bonchev–Trinajstić information content (AvgIpc) is 2.43. The van der Waals surface area contributed by atoms with Crippen molar-refractivity contribution in [3.8, 4) is 12.3 Å². The summed E-state index contributed by atoms with van der Waals surface area (Å²) in [7, 11) is 1.71. The maximum atomic E-state index is 12.2. The smallest absolute Gasteiger partial charge is 0.240 e. The molecule has 2 saturated heterocycles. The zero-order valence-electron chi connectivity index (χ0n) is 10.3. The minimum Gasteiger partial charge on any atom is -0.384 e. The molecule has 2 aliphatic rings. The minimum atomic E-state index is -0.0380. The van der Waals surface area contributed by atoms with E-state index in [-0.39, 0.29) is 11.9 Å². The highest BCUT2D eigenvalue weighted by atomic mass is 16.5. The number of hydrogen-bond donors (Lipinski definition) is 1. The van der Waals surface area contributed by atoms with Crippen molar-refractivity contribution in [1.82, 2.24) is 10.2 Å². The number of carbonyl (C=O) groups is 1. The molecule has 0 aromatic heterocycles. The summed E-state index contributed by atoms with van der Waals surface area (Å²) in [5.41, 5.74) is 0. The van der Waals surface area contributed by atoms with Crippen molar-refractivity contribution < 1.29 is 9.53 Å². The van der Waals surface area contributed by atoms with Gasteiger partial charge in [0.1, 0.15) is 0 Å². The number of nitrogens with zero attached hydrogens (tertiary/aromatic N) is 1. The van der Waals surface area contributed by atoms with Crippen molar-refractivity contribution in [2.45, 2.75) is 31.3 Å². The standard InChI is InChI=1S/C13H20N2O2/c1-3-7-15-8-10(9-17-2)11-5-4-6-12(14-11)13(15)16/h1,10-12,14H,4-9H2,2H3/t10-,11?,12?/m1/s1. The Kier molecular flexibility index (Phi) is 4.03. The Hall–Kier alpha value is -1.05. The van der Waals surface area contributed by atoms with Gasteiger partial charge < -0.3 is 15.0 Å². The third kappa shape index (κ3) is 2.62. The molecule has 2 rings (SSSR count). The first kappa shape index (κ1) is 12.4. The molecule has 2 aliphatic heterocycles. The maximum Gasteiger partial charge on any atom is 0.240 e. The Morgan fingerprint density at radius 2 is 2.41 bits per heavy atom. The molecule has 94 valence electrons. The van der Waals surface area contributed by atoms with E-state index in [1.54, 1.807) is 12.0 Å². The monoisotopic (exact) mass is 236 g/mol. The number of nitrogens with one attached hydrogen (secondary N) is 1. The van der Waals surface area contributed by atoms with Gasteiger partial charge in [-0.05, 0) is 19.3 Å². The lowest BCUT2D eigenvalue weighted by molar-refractivity contribution is -0.132. The van der Waals surface area contributed by atoms with Crippen molar-refractivity contribution >= 4 is 5.91 Å². The molecule has 17 heavy (non-hydrogen) atoms. The SMILES string of the molecule is C#CCN1C[C@H](COC)C2CCCC(N2)C1=O. The molecule has 2 unspecified atom stereocenters. The van der Waals surface area contributed by atoms with Gasteiger partial charge in [0.2, 0.25) is 5.91 Å². The van der Waals surface area contributed by atoms with Crippen LogP contribution < -0.4 is 5.32 Å². The van der Waals surface area contributed by atoms with Crippen LogP contribution in [0.25, 0.3) is 0 Å². The number of rotatable bonds is 3. The first-order valence-corrected chi connectivity index (χ1v) is 6.23. The molecule has 0 aromatic rings. The first-order chi connectivity index (χ1) is 8.26. The molecule has 0 aromatic carbocycles. The second-order valence-corrected chi connectivity index (χ2v) is 4.89. The molecule has 2 bridgehead atoms. The second-order valence-electron chi connectivity index (χ2n) is 4.89. The lowest BCUT2D eigenvalue weighted by atomic mass is 9.91. The van der Waals surface area contributed by atoms with Gasteiger partial charge in [-0.25, -0.2) is 0 Å².